The number of anilines is 1. The highest BCUT2D eigenvalue weighted by atomic mass is 16.5. The zero-order valence-corrected chi connectivity index (χ0v) is 14.5. The predicted molar refractivity (Wildman–Crippen MR) is 96.3 cm³/mol. The van der Waals surface area contributed by atoms with Gasteiger partial charge in [0.25, 0.3) is 5.91 Å². The Hall–Kier alpha value is -4.28. The lowest BCUT2D eigenvalue weighted by molar-refractivity contribution is -0.116. The smallest absolute Gasteiger partial charge is 0.326 e. The lowest BCUT2D eigenvalue weighted by atomic mass is 10.2. The Balaban J connectivity index is 1.59. The summed E-state index contributed by atoms with van der Waals surface area (Å²) in [7, 11) is 0. The number of urea groups is 1. The third-order valence-corrected chi connectivity index (χ3v) is 3.68. The molecule has 0 saturated carbocycles. The first-order valence-electron chi connectivity index (χ1n) is 8.08. The number of hydrogen-bond donors (Lipinski definition) is 3. The molecule has 0 atom stereocenters. The Morgan fingerprint density at radius 3 is 2.68 bits per heavy atom. The SMILES string of the molecule is CC(=O)Nc1ccc(Oc2ncn3ncc(/C=C4\NC(=O)NC4=O)c3n2)cc1. The third-order valence-electron chi connectivity index (χ3n) is 3.68. The van der Waals surface area contributed by atoms with E-state index in [1.54, 1.807) is 24.3 Å². The summed E-state index contributed by atoms with van der Waals surface area (Å²) >= 11 is 0. The minimum Gasteiger partial charge on any atom is -0.424 e. The van der Waals surface area contributed by atoms with Gasteiger partial charge in [0.15, 0.2) is 5.65 Å². The van der Waals surface area contributed by atoms with Crippen LogP contribution in [0.2, 0.25) is 0 Å². The van der Waals surface area contributed by atoms with Crippen molar-refractivity contribution in [2.45, 2.75) is 6.92 Å². The van der Waals surface area contributed by atoms with Gasteiger partial charge in [-0.15, -0.1) is 0 Å². The molecule has 4 rings (SSSR count). The minimum atomic E-state index is -0.589. The van der Waals surface area contributed by atoms with Gasteiger partial charge in [-0.3, -0.25) is 14.9 Å². The Kier molecular flexibility index (Phi) is 4.16. The summed E-state index contributed by atoms with van der Waals surface area (Å²) in [6.45, 7) is 1.42. The first-order valence-corrected chi connectivity index (χ1v) is 8.08. The van der Waals surface area contributed by atoms with Crippen molar-refractivity contribution in [2.24, 2.45) is 0 Å². The van der Waals surface area contributed by atoms with Crippen LogP contribution in [0.15, 0.2) is 42.5 Å². The number of aromatic nitrogens is 4. The number of hydrogen-bond acceptors (Lipinski definition) is 7. The molecule has 1 fully saturated rings. The van der Waals surface area contributed by atoms with Crippen LogP contribution >= 0.6 is 0 Å². The molecule has 0 aliphatic carbocycles. The summed E-state index contributed by atoms with van der Waals surface area (Å²) in [5.74, 6) is -0.230. The van der Waals surface area contributed by atoms with Gasteiger partial charge in [0.1, 0.15) is 17.8 Å². The summed E-state index contributed by atoms with van der Waals surface area (Å²) in [5.41, 5.74) is 1.62. The third kappa shape index (κ3) is 3.49. The zero-order chi connectivity index (χ0) is 19.7. The quantitative estimate of drug-likeness (QED) is 0.455. The number of carbonyl (C=O) groups is 3. The van der Waals surface area contributed by atoms with E-state index in [2.05, 4.69) is 31.0 Å². The average molecular weight is 379 g/mol. The van der Waals surface area contributed by atoms with Crippen molar-refractivity contribution in [3.05, 3.63) is 48.1 Å². The Labute approximate surface area is 157 Å². The van der Waals surface area contributed by atoms with E-state index in [0.29, 0.717) is 22.6 Å². The highest BCUT2D eigenvalue weighted by Gasteiger charge is 2.23. The number of fused-ring (bicyclic) bond motifs is 1. The molecule has 3 heterocycles. The molecule has 11 heteroatoms. The van der Waals surface area contributed by atoms with E-state index in [1.807, 2.05) is 0 Å². The topological polar surface area (TPSA) is 140 Å². The Morgan fingerprint density at radius 2 is 2.00 bits per heavy atom. The molecule has 4 amide bonds. The molecule has 1 aromatic carbocycles. The van der Waals surface area contributed by atoms with Gasteiger partial charge in [-0.25, -0.2) is 9.31 Å². The summed E-state index contributed by atoms with van der Waals surface area (Å²) < 4.78 is 7.04. The summed E-state index contributed by atoms with van der Waals surface area (Å²) in [4.78, 5) is 42.3. The summed E-state index contributed by atoms with van der Waals surface area (Å²) in [5, 5.41) is 11.3. The molecule has 0 bridgehead atoms. The first kappa shape index (κ1) is 17.1. The second-order valence-corrected chi connectivity index (χ2v) is 5.78. The molecule has 3 N–H and O–H groups in total. The van der Waals surface area contributed by atoms with Crippen LogP contribution in [0.4, 0.5) is 10.5 Å². The van der Waals surface area contributed by atoms with E-state index in [1.165, 1.54) is 30.0 Å². The van der Waals surface area contributed by atoms with Crippen LogP contribution in [0.5, 0.6) is 11.8 Å². The van der Waals surface area contributed by atoms with Crippen molar-refractivity contribution in [2.75, 3.05) is 5.32 Å². The minimum absolute atomic E-state index is 0.0693. The normalized spacial score (nSPS) is 14.8. The van der Waals surface area contributed by atoms with E-state index in [9.17, 15) is 14.4 Å². The maximum absolute atomic E-state index is 11.7. The van der Waals surface area contributed by atoms with Crippen LogP contribution in [-0.2, 0) is 9.59 Å². The van der Waals surface area contributed by atoms with Crippen LogP contribution in [0.3, 0.4) is 0 Å². The van der Waals surface area contributed by atoms with Crippen molar-refractivity contribution in [3.8, 4) is 11.8 Å². The van der Waals surface area contributed by atoms with Crippen LogP contribution in [0.1, 0.15) is 12.5 Å². The van der Waals surface area contributed by atoms with Gasteiger partial charge >= 0.3 is 12.0 Å². The molecule has 0 spiro atoms. The van der Waals surface area contributed by atoms with Gasteiger partial charge in [0.05, 0.1) is 6.20 Å². The lowest BCUT2D eigenvalue weighted by Crippen LogP contribution is -2.22. The second kappa shape index (κ2) is 6.79. The molecular weight excluding hydrogens is 366 g/mol. The number of rotatable bonds is 4. The summed E-state index contributed by atoms with van der Waals surface area (Å²) in [6.07, 6.45) is 4.36. The van der Waals surface area contributed by atoms with E-state index in [4.69, 9.17) is 4.74 Å². The van der Waals surface area contributed by atoms with Gasteiger partial charge in [-0.05, 0) is 30.3 Å². The van der Waals surface area contributed by atoms with Crippen molar-refractivity contribution >= 4 is 35.3 Å². The fraction of sp³-hybridized carbons (Fsp3) is 0.0588. The van der Waals surface area contributed by atoms with Gasteiger partial charge in [0.2, 0.25) is 5.91 Å². The number of imide groups is 1. The van der Waals surface area contributed by atoms with Gasteiger partial charge in [-0.2, -0.15) is 15.1 Å². The summed E-state index contributed by atoms with van der Waals surface area (Å²) in [6, 6.07) is 6.18. The molecule has 11 nitrogen and oxygen atoms in total. The predicted octanol–water partition coefficient (Wildman–Crippen LogP) is 1.06. The standard InChI is InChI=1S/C17H13N7O4/c1-9(25)20-11-2-4-12(5-3-11)28-17-18-8-24-14(22-17)10(7-19-24)6-13-15(26)23-16(27)21-13/h2-8H,1H3,(H,20,25)(H2,21,23,26,27)/b13-6-. The van der Waals surface area contributed by atoms with Crippen molar-refractivity contribution in [1.29, 1.82) is 0 Å². The first-order chi connectivity index (χ1) is 13.5. The second-order valence-electron chi connectivity index (χ2n) is 5.78. The van der Waals surface area contributed by atoms with Gasteiger partial charge in [-0.1, -0.05) is 0 Å². The monoisotopic (exact) mass is 379 g/mol. The molecular formula is C17H13N7O4. The lowest BCUT2D eigenvalue weighted by Gasteiger charge is -2.06. The molecule has 2 aromatic heterocycles. The largest absolute Gasteiger partial charge is 0.424 e. The van der Waals surface area contributed by atoms with E-state index in [0.717, 1.165) is 0 Å². The highest BCUT2D eigenvalue weighted by molar-refractivity contribution is 6.14. The van der Waals surface area contributed by atoms with E-state index in [-0.39, 0.29) is 17.6 Å². The molecule has 1 aliphatic rings. The number of nitrogens with one attached hydrogen (secondary N) is 3. The Bertz CT molecular complexity index is 1130. The molecule has 140 valence electrons. The molecule has 28 heavy (non-hydrogen) atoms. The zero-order valence-electron chi connectivity index (χ0n) is 14.5. The average Bonchev–Trinajstić information content (AvgIpc) is 3.19. The fourth-order valence-corrected chi connectivity index (χ4v) is 2.50. The van der Waals surface area contributed by atoms with Crippen LogP contribution in [-0.4, -0.2) is 37.4 Å². The molecule has 0 radical (unpaired) electrons. The van der Waals surface area contributed by atoms with Crippen molar-refractivity contribution in [3.63, 3.8) is 0 Å². The maximum atomic E-state index is 11.7. The number of nitrogens with zero attached hydrogens (tertiary/aromatic N) is 4. The number of carbonyl (C=O) groups excluding carboxylic acids is 3. The maximum Gasteiger partial charge on any atom is 0.326 e. The molecule has 1 aliphatic heterocycles. The van der Waals surface area contributed by atoms with E-state index >= 15 is 0 Å². The van der Waals surface area contributed by atoms with Gasteiger partial charge in [0, 0.05) is 18.2 Å². The highest BCUT2D eigenvalue weighted by Crippen LogP contribution is 2.21. The van der Waals surface area contributed by atoms with E-state index < -0.39 is 11.9 Å². The molecule has 1 saturated heterocycles. The fourth-order valence-electron chi connectivity index (χ4n) is 2.50. The molecule has 0 unspecified atom stereocenters. The van der Waals surface area contributed by atoms with Crippen LogP contribution in [0.25, 0.3) is 11.7 Å². The number of ether oxygens (including phenoxy) is 1. The molecule has 3 aromatic rings. The van der Waals surface area contributed by atoms with Crippen molar-refractivity contribution in [1.82, 2.24) is 30.2 Å². The van der Waals surface area contributed by atoms with Crippen LogP contribution < -0.4 is 20.7 Å². The van der Waals surface area contributed by atoms with Crippen LogP contribution in [0, 0.1) is 0 Å². The number of amides is 4. The van der Waals surface area contributed by atoms with Gasteiger partial charge < -0.3 is 15.4 Å². The number of benzene rings is 1. The Morgan fingerprint density at radius 1 is 1.21 bits per heavy atom. The van der Waals surface area contributed by atoms with Crippen molar-refractivity contribution < 1.29 is 19.1 Å².